The lowest BCUT2D eigenvalue weighted by Gasteiger charge is -2.12. The van der Waals surface area contributed by atoms with Crippen molar-refractivity contribution in [3.8, 4) is 0 Å². The van der Waals surface area contributed by atoms with Gasteiger partial charge in [0.05, 0.1) is 0 Å². The van der Waals surface area contributed by atoms with Gasteiger partial charge in [0, 0.05) is 12.6 Å². The molecular formula is C7H16N2O2. The van der Waals surface area contributed by atoms with Gasteiger partial charge in [-0.3, -0.25) is 0 Å². The van der Waals surface area contributed by atoms with Crippen LogP contribution in [0.1, 0.15) is 20.3 Å². The van der Waals surface area contributed by atoms with Gasteiger partial charge in [0.2, 0.25) is 0 Å². The molecule has 0 spiro atoms. The van der Waals surface area contributed by atoms with Crippen LogP contribution in [0, 0.1) is 5.92 Å². The Morgan fingerprint density at radius 1 is 1.64 bits per heavy atom. The third-order valence-corrected chi connectivity index (χ3v) is 1.29. The average Bonchev–Trinajstić information content (AvgIpc) is 1.82. The standard InChI is InChI=1S/C7H16N2O2/c1-5(2)3-6(8)4-9-7(10)11/h5-6,9H,3-4,8H2,1-2H3,(H,10,11). The first-order chi connectivity index (χ1) is 5.02. The number of carbonyl (C=O) groups is 1. The average molecular weight is 160 g/mol. The van der Waals surface area contributed by atoms with Crippen LogP contribution in [0.5, 0.6) is 0 Å². The molecule has 66 valence electrons. The third-order valence-electron chi connectivity index (χ3n) is 1.29. The number of hydrogen-bond donors (Lipinski definition) is 3. The molecule has 11 heavy (non-hydrogen) atoms. The van der Waals surface area contributed by atoms with Crippen molar-refractivity contribution in [3.63, 3.8) is 0 Å². The van der Waals surface area contributed by atoms with E-state index in [1.165, 1.54) is 0 Å². The van der Waals surface area contributed by atoms with Crippen LogP contribution < -0.4 is 11.1 Å². The molecule has 4 N–H and O–H groups in total. The number of nitrogens with one attached hydrogen (secondary N) is 1. The molecule has 0 aliphatic heterocycles. The maximum atomic E-state index is 10.0. The molecule has 0 aliphatic carbocycles. The number of rotatable bonds is 4. The molecule has 1 unspecified atom stereocenters. The Hall–Kier alpha value is -0.770. The van der Waals surface area contributed by atoms with Crippen molar-refractivity contribution in [2.24, 2.45) is 11.7 Å². The summed E-state index contributed by atoms with van der Waals surface area (Å²) >= 11 is 0. The smallest absolute Gasteiger partial charge is 0.404 e. The Labute approximate surface area is 66.8 Å². The molecule has 0 bridgehead atoms. The Morgan fingerprint density at radius 3 is 2.55 bits per heavy atom. The fourth-order valence-electron chi connectivity index (χ4n) is 0.907. The summed E-state index contributed by atoms with van der Waals surface area (Å²) in [5, 5.41) is 10.5. The summed E-state index contributed by atoms with van der Waals surface area (Å²) in [6.07, 6.45) is -0.162. The second kappa shape index (κ2) is 4.96. The van der Waals surface area contributed by atoms with Gasteiger partial charge in [-0.2, -0.15) is 0 Å². The van der Waals surface area contributed by atoms with Gasteiger partial charge in [-0.1, -0.05) is 13.8 Å². The molecule has 0 aromatic rings. The fraction of sp³-hybridized carbons (Fsp3) is 0.857. The van der Waals surface area contributed by atoms with Gasteiger partial charge in [0.1, 0.15) is 0 Å². The second-order valence-electron chi connectivity index (χ2n) is 3.08. The minimum Gasteiger partial charge on any atom is -0.465 e. The molecule has 4 heteroatoms. The first kappa shape index (κ1) is 10.2. The first-order valence-corrected chi connectivity index (χ1v) is 3.74. The van der Waals surface area contributed by atoms with Gasteiger partial charge in [0.25, 0.3) is 0 Å². The van der Waals surface area contributed by atoms with Crippen molar-refractivity contribution in [2.75, 3.05) is 6.54 Å². The van der Waals surface area contributed by atoms with Crippen LogP contribution in [0.25, 0.3) is 0 Å². The van der Waals surface area contributed by atoms with E-state index < -0.39 is 6.09 Å². The second-order valence-corrected chi connectivity index (χ2v) is 3.08. The van der Waals surface area contributed by atoms with E-state index in [-0.39, 0.29) is 6.04 Å². The summed E-state index contributed by atoms with van der Waals surface area (Å²) in [4.78, 5) is 10.0. The van der Waals surface area contributed by atoms with Crippen molar-refractivity contribution in [3.05, 3.63) is 0 Å². The molecule has 0 aromatic carbocycles. The Morgan fingerprint density at radius 2 is 2.18 bits per heavy atom. The van der Waals surface area contributed by atoms with Crippen molar-refractivity contribution in [1.29, 1.82) is 0 Å². The summed E-state index contributed by atoms with van der Waals surface area (Å²) < 4.78 is 0. The molecule has 4 nitrogen and oxygen atoms in total. The van der Waals surface area contributed by atoms with Gasteiger partial charge in [0.15, 0.2) is 0 Å². The van der Waals surface area contributed by atoms with E-state index in [0.29, 0.717) is 12.5 Å². The van der Waals surface area contributed by atoms with Crippen LogP contribution in [-0.4, -0.2) is 23.8 Å². The van der Waals surface area contributed by atoms with E-state index in [1.54, 1.807) is 0 Å². The Kier molecular flexibility index (Phi) is 4.61. The highest BCUT2D eigenvalue weighted by atomic mass is 16.4. The largest absolute Gasteiger partial charge is 0.465 e. The van der Waals surface area contributed by atoms with E-state index in [2.05, 4.69) is 19.2 Å². The molecule has 0 fully saturated rings. The molecule has 0 heterocycles. The maximum absolute atomic E-state index is 10.0. The van der Waals surface area contributed by atoms with E-state index in [0.717, 1.165) is 6.42 Å². The molecule has 1 atom stereocenters. The fourth-order valence-corrected chi connectivity index (χ4v) is 0.907. The summed E-state index contributed by atoms with van der Waals surface area (Å²) in [7, 11) is 0. The molecule has 0 saturated heterocycles. The normalized spacial score (nSPS) is 13.1. The summed E-state index contributed by atoms with van der Waals surface area (Å²) in [6, 6.07) is -0.0638. The predicted octanol–water partition coefficient (Wildman–Crippen LogP) is 0.627. The quantitative estimate of drug-likeness (QED) is 0.564. The van der Waals surface area contributed by atoms with E-state index >= 15 is 0 Å². The highest BCUT2D eigenvalue weighted by Gasteiger charge is 2.05. The molecule has 0 saturated carbocycles. The summed E-state index contributed by atoms with van der Waals surface area (Å²) in [5.74, 6) is 0.514. The topological polar surface area (TPSA) is 75.3 Å². The van der Waals surface area contributed by atoms with Gasteiger partial charge in [-0.25, -0.2) is 4.79 Å². The zero-order valence-electron chi connectivity index (χ0n) is 7.00. The maximum Gasteiger partial charge on any atom is 0.404 e. The lowest BCUT2D eigenvalue weighted by molar-refractivity contribution is 0.193. The first-order valence-electron chi connectivity index (χ1n) is 3.74. The predicted molar refractivity (Wildman–Crippen MR) is 43.5 cm³/mol. The van der Waals surface area contributed by atoms with E-state index in [4.69, 9.17) is 10.8 Å². The summed E-state index contributed by atoms with van der Waals surface area (Å²) in [6.45, 7) is 4.45. The lowest BCUT2D eigenvalue weighted by Crippen LogP contribution is -2.37. The van der Waals surface area contributed by atoms with Crippen LogP contribution in [-0.2, 0) is 0 Å². The van der Waals surface area contributed by atoms with Crippen LogP contribution in [0.2, 0.25) is 0 Å². The number of hydrogen-bond acceptors (Lipinski definition) is 2. The van der Waals surface area contributed by atoms with Crippen molar-refractivity contribution < 1.29 is 9.90 Å². The minimum absolute atomic E-state index is 0.0638. The monoisotopic (exact) mass is 160 g/mol. The Balaban J connectivity index is 3.37. The lowest BCUT2D eigenvalue weighted by atomic mass is 10.1. The van der Waals surface area contributed by atoms with Crippen molar-refractivity contribution in [2.45, 2.75) is 26.3 Å². The molecule has 0 rings (SSSR count). The van der Waals surface area contributed by atoms with Crippen molar-refractivity contribution in [1.82, 2.24) is 5.32 Å². The van der Waals surface area contributed by atoms with Gasteiger partial charge in [-0.15, -0.1) is 0 Å². The molecule has 1 amide bonds. The highest BCUT2D eigenvalue weighted by Crippen LogP contribution is 2.01. The number of amides is 1. The molecule has 0 aromatic heterocycles. The number of carboxylic acid groups (broad SMARTS) is 1. The van der Waals surface area contributed by atoms with Crippen LogP contribution in [0.15, 0.2) is 0 Å². The Bertz CT molecular complexity index is 126. The van der Waals surface area contributed by atoms with E-state index in [9.17, 15) is 4.79 Å². The van der Waals surface area contributed by atoms with E-state index in [1.807, 2.05) is 0 Å². The van der Waals surface area contributed by atoms with Gasteiger partial charge in [-0.05, 0) is 12.3 Å². The molecular weight excluding hydrogens is 144 g/mol. The summed E-state index contributed by atoms with van der Waals surface area (Å²) in [5.41, 5.74) is 5.60. The molecule has 0 radical (unpaired) electrons. The minimum atomic E-state index is -1.01. The molecule has 0 aliphatic rings. The van der Waals surface area contributed by atoms with Crippen molar-refractivity contribution >= 4 is 6.09 Å². The third kappa shape index (κ3) is 7.12. The highest BCUT2D eigenvalue weighted by molar-refractivity contribution is 5.64. The number of nitrogens with two attached hydrogens (primary N) is 1. The SMILES string of the molecule is CC(C)CC(N)CNC(=O)O. The van der Waals surface area contributed by atoms with Crippen LogP contribution in [0.4, 0.5) is 4.79 Å². The van der Waals surface area contributed by atoms with Crippen LogP contribution >= 0.6 is 0 Å². The van der Waals surface area contributed by atoms with Gasteiger partial charge >= 0.3 is 6.09 Å². The zero-order chi connectivity index (χ0) is 8.85. The van der Waals surface area contributed by atoms with Gasteiger partial charge < -0.3 is 16.2 Å². The zero-order valence-corrected chi connectivity index (χ0v) is 7.00. The van der Waals surface area contributed by atoms with Crippen LogP contribution in [0.3, 0.4) is 0 Å².